The first kappa shape index (κ1) is 21.0. The number of hydrogen-bond donors (Lipinski definition) is 4. The van der Waals surface area contributed by atoms with Crippen molar-refractivity contribution in [2.75, 3.05) is 16.8 Å². The van der Waals surface area contributed by atoms with Crippen LogP contribution in [-0.4, -0.2) is 36.3 Å². The van der Waals surface area contributed by atoms with Gasteiger partial charge in [0.25, 0.3) is 5.91 Å². The van der Waals surface area contributed by atoms with E-state index in [1.165, 1.54) is 23.0 Å². The van der Waals surface area contributed by atoms with E-state index in [1.807, 2.05) is 6.07 Å². The van der Waals surface area contributed by atoms with Crippen LogP contribution in [0.25, 0.3) is 0 Å². The van der Waals surface area contributed by atoms with Crippen LogP contribution in [0, 0.1) is 17.2 Å². The lowest BCUT2D eigenvalue weighted by Crippen LogP contribution is -2.31. The molecule has 0 saturated carbocycles. The second kappa shape index (κ2) is 7.58. The van der Waals surface area contributed by atoms with Crippen molar-refractivity contribution < 1.29 is 27.1 Å². The minimum atomic E-state index is -4.47. The smallest absolute Gasteiger partial charge is 0.365 e. The number of carbonyl (C=O) groups is 1. The van der Waals surface area contributed by atoms with Crippen LogP contribution in [0.1, 0.15) is 28.4 Å². The van der Waals surface area contributed by atoms with Gasteiger partial charge in [-0.3, -0.25) is 18.6 Å². The van der Waals surface area contributed by atoms with Gasteiger partial charge in [-0.05, 0) is 30.7 Å². The predicted octanol–water partition coefficient (Wildman–Crippen LogP) is 3.58. The number of anilines is 2. The largest absolute Gasteiger partial charge is 0.416 e. The van der Waals surface area contributed by atoms with Crippen molar-refractivity contribution in [1.82, 2.24) is 9.78 Å². The number of rotatable bonds is 4. The van der Waals surface area contributed by atoms with Crippen molar-refractivity contribution in [3.8, 4) is 6.07 Å². The second-order valence-corrected chi connectivity index (χ2v) is 9.05. The SMILES string of the molecule is N#C[C@H]1CS(O)(O)CC[C@@H]1n1cc(C(N)=O)c(Nc2ccc(C(F)(F)F)cc2)n1. The number of halogens is 3. The van der Waals surface area contributed by atoms with Crippen molar-refractivity contribution in [2.45, 2.75) is 18.6 Å². The highest BCUT2D eigenvalue weighted by atomic mass is 32.3. The van der Waals surface area contributed by atoms with Crippen LogP contribution in [0.2, 0.25) is 0 Å². The minimum absolute atomic E-state index is 0.00114. The Morgan fingerprint density at radius 2 is 2.00 bits per heavy atom. The zero-order chi connectivity index (χ0) is 21.4. The number of aromatic nitrogens is 2. The summed E-state index contributed by atoms with van der Waals surface area (Å²) in [5.74, 6) is -1.50. The number of amides is 1. The Hall–Kier alpha value is -2.75. The topological polar surface area (TPSA) is 137 Å². The van der Waals surface area contributed by atoms with Crippen LogP contribution in [0.3, 0.4) is 0 Å². The van der Waals surface area contributed by atoms with Crippen LogP contribution in [-0.2, 0) is 6.18 Å². The molecule has 0 radical (unpaired) electrons. The fourth-order valence-electron chi connectivity index (χ4n) is 3.15. The highest BCUT2D eigenvalue weighted by Gasteiger charge is 2.36. The van der Waals surface area contributed by atoms with Crippen LogP contribution in [0.15, 0.2) is 30.5 Å². The summed E-state index contributed by atoms with van der Waals surface area (Å²) in [5.41, 5.74) is 4.83. The lowest BCUT2D eigenvalue weighted by Gasteiger charge is -2.41. The molecule has 8 nitrogen and oxygen atoms in total. The molecule has 1 aliphatic rings. The van der Waals surface area contributed by atoms with E-state index < -0.39 is 40.2 Å². The Labute approximate surface area is 165 Å². The first-order valence-corrected chi connectivity index (χ1v) is 10.3. The summed E-state index contributed by atoms with van der Waals surface area (Å²) in [7, 11) is -2.83. The lowest BCUT2D eigenvalue weighted by molar-refractivity contribution is -0.137. The van der Waals surface area contributed by atoms with Crippen LogP contribution in [0.4, 0.5) is 24.7 Å². The zero-order valence-electron chi connectivity index (χ0n) is 14.9. The van der Waals surface area contributed by atoms with Gasteiger partial charge in [0.2, 0.25) is 0 Å². The van der Waals surface area contributed by atoms with Gasteiger partial charge in [-0.2, -0.15) is 34.1 Å². The van der Waals surface area contributed by atoms with Crippen molar-refractivity contribution in [3.63, 3.8) is 0 Å². The molecular weight excluding hydrogens is 411 g/mol. The normalized spacial score (nSPS) is 22.5. The molecule has 12 heteroatoms. The Kier molecular flexibility index (Phi) is 5.48. The molecule has 1 aromatic carbocycles. The summed E-state index contributed by atoms with van der Waals surface area (Å²) >= 11 is 0. The number of primary amides is 1. The molecule has 1 fully saturated rings. The fraction of sp³-hybridized carbons (Fsp3) is 0.353. The molecule has 0 aliphatic carbocycles. The third kappa shape index (κ3) is 4.64. The Morgan fingerprint density at radius 3 is 2.55 bits per heavy atom. The molecule has 1 aliphatic heterocycles. The standard InChI is InChI=1S/C17H18F3N5O3S/c18-17(19,20)11-1-3-12(4-2-11)23-16-13(15(22)26)8-25(24-16)14-5-6-29(27,28)9-10(14)7-21/h1-4,8,10,14,27-28H,5-6,9H2,(H2,22,26)(H,23,24)/t10-,14-/m0/s1. The van der Waals surface area contributed by atoms with E-state index in [-0.39, 0.29) is 35.0 Å². The quantitative estimate of drug-likeness (QED) is 0.586. The van der Waals surface area contributed by atoms with Gasteiger partial charge in [0.05, 0.1) is 29.3 Å². The molecule has 0 bridgehead atoms. The van der Waals surface area contributed by atoms with E-state index >= 15 is 0 Å². The average molecular weight is 429 g/mol. The van der Waals surface area contributed by atoms with Crippen LogP contribution >= 0.6 is 10.6 Å². The first-order valence-electron chi connectivity index (χ1n) is 8.46. The molecular formula is C17H18F3N5O3S. The Balaban J connectivity index is 1.88. The van der Waals surface area contributed by atoms with Gasteiger partial charge >= 0.3 is 6.18 Å². The fourth-order valence-corrected chi connectivity index (χ4v) is 4.80. The molecule has 1 amide bonds. The van der Waals surface area contributed by atoms with Crippen molar-refractivity contribution in [1.29, 1.82) is 5.26 Å². The lowest BCUT2D eigenvalue weighted by atomic mass is 10.0. The zero-order valence-corrected chi connectivity index (χ0v) is 15.7. The Bertz CT molecular complexity index is 953. The molecule has 3 rings (SSSR count). The summed E-state index contributed by atoms with van der Waals surface area (Å²) in [6.45, 7) is 0. The average Bonchev–Trinajstić information content (AvgIpc) is 3.04. The van der Waals surface area contributed by atoms with E-state index in [0.29, 0.717) is 0 Å². The molecule has 0 unspecified atom stereocenters. The van der Waals surface area contributed by atoms with Gasteiger partial charge in [-0.15, -0.1) is 0 Å². The minimum Gasteiger partial charge on any atom is -0.365 e. The third-order valence-corrected chi connectivity index (χ3v) is 6.41. The highest BCUT2D eigenvalue weighted by Crippen LogP contribution is 2.49. The van der Waals surface area contributed by atoms with Crippen LogP contribution in [0.5, 0.6) is 0 Å². The monoisotopic (exact) mass is 429 g/mol. The summed E-state index contributed by atoms with van der Waals surface area (Å²) in [6, 6.07) is 5.70. The molecule has 1 saturated heterocycles. The number of benzene rings is 1. The van der Waals surface area contributed by atoms with Gasteiger partial charge in [-0.25, -0.2) is 0 Å². The molecule has 2 aromatic rings. The summed E-state index contributed by atoms with van der Waals surface area (Å²) in [6.07, 6.45) is -2.86. The van der Waals surface area contributed by atoms with E-state index in [1.54, 1.807) is 0 Å². The number of nitriles is 1. The number of nitrogens with two attached hydrogens (primary N) is 1. The van der Waals surface area contributed by atoms with E-state index in [2.05, 4.69) is 10.4 Å². The number of carbonyl (C=O) groups excluding carboxylic acids is 1. The van der Waals surface area contributed by atoms with Crippen molar-refractivity contribution >= 4 is 28.0 Å². The summed E-state index contributed by atoms with van der Waals surface area (Å²) in [4.78, 5) is 11.8. The van der Waals surface area contributed by atoms with Crippen LogP contribution < -0.4 is 11.1 Å². The van der Waals surface area contributed by atoms with E-state index in [4.69, 9.17) is 5.73 Å². The van der Waals surface area contributed by atoms with Crippen molar-refractivity contribution in [2.24, 2.45) is 11.7 Å². The molecule has 156 valence electrons. The van der Waals surface area contributed by atoms with Gasteiger partial charge in [-0.1, -0.05) is 0 Å². The van der Waals surface area contributed by atoms with E-state index in [0.717, 1.165) is 12.1 Å². The molecule has 1 aromatic heterocycles. The number of nitrogens with zero attached hydrogens (tertiary/aromatic N) is 3. The first-order chi connectivity index (χ1) is 13.5. The van der Waals surface area contributed by atoms with Gasteiger partial charge in [0.15, 0.2) is 5.82 Å². The number of alkyl halides is 3. The second-order valence-electron chi connectivity index (χ2n) is 6.70. The molecule has 2 heterocycles. The third-order valence-electron chi connectivity index (χ3n) is 4.63. The predicted molar refractivity (Wildman–Crippen MR) is 101 cm³/mol. The molecule has 0 spiro atoms. The maximum atomic E-state index is 12.7. The maximum Gasteiger partial charge on any atom is 0.416 e. The molecule has 5 N–H and O–H groups in total. The van der Waals surface area contributed by atoms with Gasteiger partial charge in [0, 0.05) is 17.6 Å². The number of hydrogen-bond acceptors (Lipinski definition) is 6. The Morgan fingerprint density at radius 1 is 1.34 bits per heavy atom. The maximum absolute atomic E-state index is 12.7. The van der Waals surface area contributed by atoms with E-state index in [9.17, 15) is 32.3 Å². The highest BCUT2D eigenvalue weighted by molar-refractivity contribution is 8.24. The van der Waals surface area contributed by atoms with Gasteiger partial charge < -0.3 is 11.1 Å². The molecule has 29 heavy (non-hydrogen) atoms. The van der Waals surface area contributed by atoms with Gasteiger partial charge in [0.1, 0.15) is 5.56 Å². The summed E-state index contributed by atoms with van der Waals surface area (Å²) < 4.78 is 59.2. The number of nitrogens with one attached hydrogen (secondary N) is 1. The summed E-state index contributed by atoms with van der Waals surface area (Å²) in [5, 5.41) is 16.4. The van der Waals surface area contributed by atoms with Crippen molar-refractivity contribution in [3.05, 3.63) is 41.6 Å². The molecule has 2 atom stereocenters.